The lowest BCUT2D eigenvalue weighted by atomic mass is 10.1. The Hall–Kier alpha value is -3.28. The molecule has 1 heterocycles. The van der Waals surface area contributed by atoms with Crippen LogP contribution in [0.1, 0.15) is 17.5 Å². The number of ether oxygens (including phenoxy) is 1. The predicted octanol–water partition coefficient (Wildman–Crippen LogP) is 3.03. The minimum absolute atomic E-state index is 0.237. The van der Waals surface area contributed by atoms with E-state index >= 15 is 0 Å². The maximum absolute atomic E-state index is 11.9. The maximum atomic E-state index is 11.9. The van der Waals surface area contributed by atoms with Crippen LogP contribution >= 0.6 is 0 Å². The summed E-state index contributed by atoms with van der Waals surface area (Å²) >= 11 is 0. The van der Waals surface area contributed by atoms with Crippen LogP contribution < -0.4 is 10.2 Å². The second kappa shape index (κ2) is 9.08. The number of aromatic amines is 1. The number of H-pyrrole nitrogens is 1. The fourth-order valence-corrected chi connectivity index (χ4v) is 2.96. The van der Waals surface area contributed by atoms with Crippen LogP contribution in [0.2, 0.25) is 0 Å². The average Bonchev–Trinajstić information content (AvgIpc) is 3.12. The molecule has 6 nitrogen and oxygen atoms in total. The molecule has 0 spiro atoms. The number of nitrogens with one attached hydrogen (secondary N) is 2. The summed E-state index contributed by atoms with van der Waals surface area (Å²) in [5, 5.41) is 3.87. The summed E-state index contributed by atoms with van der Waals surface area (Å²) in [6.45, 7) is 0.141. The number of anilines is 1. The van der Waals surface area contributed by atoms with E-state index in [9.17, 15) is 9.59 Å². The van der Waals surface area contributed by atoms with Crippen molar-refractivity contribution in [3.8, 4) is 0 Å². The van der Waals surface area contributed by atoms with Crippen LogP contribution in [-0.2, 0) is 27.3 Å². The second-order valence-electron chi connectivity index (χ2n) is 6.86. The summed E-state index contributed by atoms with van der Waals surface area (Å²) in [5.41, 5.74) is 4.20. The van der Waals surface area contributed by atoms with Gasteiger partial charge in [0.15, 0.2) is 6.61 Å². The standard InChI is InChI=1S/C22H25N3O3/c1-25(2)18-10-7-16(8-11-18)13-24-21(26)15-28-22(27)12-9-17-14-23-20-6-4-3-5-19(17)20/h3-8,10-11,14,23H,9,12-13,15H2,1-2H3,(H,24,26). The van der Waals surface area contributed by atoms with Gasteiger partial charge in [0.25, 0.3) is 5.91 Å². The van der Waals surface area contributed by atoms with Crippen LogP contribution in [0.4, 0.5) is 5.69 Å². The van der Waals surface area contributed by atoms with Gasteiger partial charge in [0.05, 0.1) is 0 Å². The molecule has 146 valence electrons. The Morgan fingerprint density at radius 3 is 2.57 bits per heavy atom. The summed E-state index contributed by atoms with van der Waals surface area (Å²) in [7, 11) is 3.95. The minimum atomic E-state index is -0.379. The van der Waals surface area contributed by atoms with Crippen molar-refractivity contribution in [2.45, 2.75) is 19.4 Å². The number of hydrogen-bond acceptors (Lipinski definition) is 4. The summed E-state index contributed by atoms with van der Waals surface area (Å²) < 4.78 is 5.09. The van der Waals surface area contributed by atoms with Crippen molar-refractivity contribution >= 4 is 28.5 Å². The fourth-order valence-electron chi connectivity index (χ4n) is 2.96. The molecule has 0 fully saturated rings. The number of esters is 1. The van der Waals surface area contributed by atoms with Gasteiger partial charge in [-0.3, -0.25) is 9.59 Å². The largest absolute Gasteiger partial charge is 0.456 e. The highest BCUT2D eigenvalue weighted by Crippen LogP contribution is 2.19. The molecule has 0 aliphatic heterocycles. The average molecular weight is 379 g/mol. The van der Waals surface area contributed by atoms with Crippen LogP contribution in [0, 0.1) is 0 Å². The Balaban J connectivity index is 1.38. The summed E-state index contributed by atoms with van der Waals surface area (Å²) in [6, 6.07) is 15.9. The van der Waals surface area contributed by atoms with Gasteiger partial charge in [-0.05, 0) is 35.7 Å². The van der Waals surface area contributed by atoms with Crippen molar-refractivity contribution in [3.63, 3.8) is 0 Å². The second-order valence-corrected chi connectivity index (χ2v) is 6.86. The molecule has 0 aliphatic rings. The van der Waals surface area contributed by atoms with Gasteiger partial charge in [0.2, 0.25) is 0 Å². The van der Waals surface area contributed by atoms with E-state index in [4.69, 9.17) is 4.74 Å². The first-order valence-corrected chi connectivity index (χ1v) is 9.26. The molecule has 0 saturated carbocycles. The first-order valence-electron chi connectivity index (χ1n) is 9.26. The molecular formula is C22H25N3O3. The monoisotopic (exact) mass is 379 g/mol. The van der Waals surface area contributed by atoms with Crippen molar-refractivity contribution in [2.24, 2.45) is 0 Å². The predicted molar refractivity (Wildman–Crippen MR) is 110 cm³/mol. The number of carbonyl (C=O) groups is 2. The molecular weight excluding hydrogens is 354 g/mol. The number of carbonyl (C=O) groups excluding carboxylic acids is 2. The summed E-state index contributed by atoms with van der Waals surface area (Å²) in [5.74, 6) is -0.687. The van der Waals surface area contributed by atoms with Crippen molar-refractivity contribution in [1.82, 2.24) is 10.3 Å². The molecule has 0 unspecified atom stereocenters. The number of fused-ring (bicyclic) bond motifs is 1. The number of nitrogens with zero attached hydrogens (tertiary/aromatic N) is 1. The molecule has 0 saturated heterocycles. The van der Waals surface area contributed by atoms with Gasteiger partial charge in [-0.15, -0.1) is 0 Å². The number of aromatic nitrogens is 1. The Labute approximate surface area is 164 Å². The molecule has 0 aliphatic carbocycles. The van der Waals surface area contributed by atoms with Crippen molar-refractivity contribution in [2.75, 3.05) is 25.6 Å². The van der Waals surface area contributed by atoms with Gasteiger partial charge in [-0.1, -0.05) is 30.3 Å². The summed E-state index contributed by atoms with van der Waals surface area (Å²) in [4.78, 5) is 29.0. The molecule has 2 N–H and O–H groups in total. The zero-order valence-corrected chi connectivity index (χ0v) is 16.2. The molecule has 1 aromatic heterocycles. The van der Waals surface area contributed by atoms with Crippen LogP contribution in [0.3, 0.4) is 0 Å². The van der Waals surface area contributed by atoms with Crippen molar-refractivity contribution in [3.05, 3.63) is 65.9 Å². The lowest BCUT2D eigenvalue weighted by Gasteiger charge is -2.13. The molecule has 3 aromatic rings. The van der Waals surface area contributed by atoms with Gasteiger partial charge in [-0.25, -0.2) is 0 Å². The van der Waals surface area contributed by atoms with Gasteiger partial charge < -0.3 is 19.9 Å². The summed E-state index contributed by atoms with van der Waals surface area (Å²) in [6.07, 6.45) is 2.72. The number of rotatable bonds is 8. The van der Waals surface area contributed by atoms with Crippen LogP contribution in [0.5, 0.6) is 0 Å². The zero-order valence-electron chi connectivity index (χ0n) is 16.2. The molecule has 0 bridgehead atoms. The number of para-hydroxylation sites is 1. The quantitative estimate of drug-likeness (QED) is 0.590. The third-order valence-corrected chi connectivity index (χ3v) is 4.58. The molecule has 2 aromatic carbocycles. The van der Waals surface area contributed by atoms with E-state index < -0.39 is 0 Å². The lowest BCUT2D eigenvalue weighted by molar-refractivity contribution is -0.148. The van der Waals surface area contributed by atoms with Gasteiger partial charge in [0.1, 0.15) is 0 Å². The highest BCUT2D eigenvalue weighted by atomic mass is 16.5. The first-order chi connectivity index (χ1) is 13.5. The van der Waals surface area contributed by atoms with Crippen LogP contribution in [0.15, 0.2) is 54.7 Å². The third kappa shape index (κ3) is 5.13. The highest BCUT2D eigenvalue weighted by Gasteiger charge is 2.10. The smallest absolute Gasteiger partial charge is 0.306 e. The molecule has 0 atom stereocenters. The van der Waals surface area contributed by atoms with E-state index in [0.29, 0.717) is 13.0 Å². The first kappa shape index (κ1) is 19.5. The van der Waals surface area contributed by atoms with E-state index in [1.54, 1.807) is 0 Å². The van der Waals surface area contributed by atoms with Gasteiger partial charge in [-0.2, -0.15) is 0 Å². The number of benzene rings is 2. The normalized spacial score (nSPS) is 10.6. The topological polar surface area (TPSA) is 74.4 Å². The van der Waals surface area contributed by atoms with Gasteiger partial charge >= 0.3 is 5.97 Å². The van der Waals surface area contributed by atoms with E-state index in [1.807, 2.05) is 73.7 Å². The Morgan fingerprint density at radius 1 is 1.07 bits per heavy atom. The highest BCUT2D eigenvalue weighted by molar-refractivity contribution is 5.84. The third-order valence-electron chi connectivity index (χ3n) is 4.58. The van der Waals surface area contributed by atoms with E-state index in [-0.39, 0.29) is 24.9 Å². The van der Waals surface area contributed by atoms with Crippen molar-refractivity contribution < 1.29 is 14.3 Å². The zero-order chi connectivity index (χ0) is 19.9. The van der Waals surface area contributed by atoms with Crippen LogP contribution in [0.25, 0.3) is 10.9 Å². The molecule has 0 radical (unpaired) electrons. The Kier molecular flexibility index (Phi) is 6.32. The Bertz CT molecular complexity index is 945. The van der Waals surface area contributed by atoms with E-state index in [2.05, 4.69) is 10.3 Å². The number of aryl methyl sites for hydroxylation is 1. The SMILES string of the molecule is CN(C)c1ccc(CNC(=O)COC(=O)CCc2c[nH]c3ccccc23)cc1. The minimum Gasteiger partial charge on any atom is -0.456 e. The van der Waals surface area contributed by atoms with Crippen molar-refractivity contribution in [1.29, 1.82) is 0 Å². The van der Waals surface area contributed by atoms with E-state index in [1.165, 1.54) is 0 Å². The van der Waals surface area contributed by atoms with Crippen LogP contribution in [-0.4, -0.2) is 37.6 Å². The van der Waals surface area contributed by atoms with Gasteiger partial charge in [0, 0.05) is 49.8 Å². The lowest BCUT2D eigenvalue weighted by Crippen LogP contribution is -2.28. The Morgan fingerprint density at radius 2 is 1.82 bits per heavy atom. The maximum Gasteiger partial charge on any atom is 0.306 e. The van der Waals surface area contributed by atoms with E-state index in [0.717, 1.165) is 27.7 Å². The molecule has 6 heteroatoms. The number of amides is 1. The molecule has 28 heavy (non-hydrogen) atoms. The molecule has 1 amide bonds. The fraction of sp³-hybridized carbons (Fsp3) is 0.273. The molecule has 3 rings (SSSR count). The number of hydrogen-bond donors (Lipinski definition) is 2.